The average Bonchev–Trinajstić information content (AvgIpc) is 3.17. The van der Waals surface area contributed by atoms with E-state index in [1.165, 1.54) is 22.9 Å². The van der Waals surface area contributed by atoms with Gasteiger partial charge in [-0.05, 0) is 61.0 Å². The fraction of sp³-hybridized carbons (Fsp3) is 0.111. The first-order valence-corrected chi connectivity index (χ1v) is 8.17. The Morgan fingerprint density at radius 1 is 0.957 bits per heavy atom. The first kappa shape index (κ1) is 14.1. The van der Waals surface area contributed by atoms with Crippen molar-refractivity contribution in [3.05, 3.63) is 59.7 Å². The van der Waals surface area contributed by atoms with Crippen LogP contribution in [0, 0.1) is 13.8 Å². The van der Waals surface area contributed by atoms with Crippen LogP contribution in [0.5, 0.6) is 0 Å². The molecule has 0 atom stereocenters. The molecule has 0 saturated carbocycles. The molecule has 2 aromatic carbocycles. The lowest BCUT2D eigenvalue weighted by Crippen LogP contribution is -1.81. The molecule has 0 aliphatic carbocycles. The lowest BCUT2D eigenvalue weighted by Gasteiger charge is -2.01. The highest BCUT2D eigenvalue weighted by Crippen LogP contribution is 2.30. The van der Waals surface area contributed by atoms with Gasteiger partial charge in [-0.25, -0.2) is 0 Å². The molecule has 0 aliphatic rings. The number of rotatable bonds is 3. The van der Waals surface area contributed by atoms with Gasteiger partial charge in [0.15, 0.2) is 0 Å². The molecule has 2 aromatic heterocycles. The monoisotopic (exact) mass is 321 g/mol. The number of hydrogen-bond acceptors (Lipinski definition) is 4. The highest BCUT2D eigenvalue weighted by molar-refractivity contribution is 7.99. The van der Waals surface area contributed by atoms with E-state index in [1.807, 2.05) is 24.3 Å². The number of aromatic amines is 1. The number of fused-ring (bicyclic) bond motifs is 1. The molecular weight excluding hydrogens is 306 g/mol. The van der Waals surface area contributed by atoms with E-state index >= 15 is 0 Å². The summed E-state index contributed by atoms with van der Waals surface area (Å²) in [6, 6.07) is 16.4. The number of aryl methyl sites for hydroxylation is 2. The molecule has 4 rings (SSSR count). The molecule has 1 N–H and O–H groups in total. The van der Waals surface area contributed by atoms with Gasteiger partial charge in [0, 0.05) is 15.8 Å². The van der Waals surface area contributed by atoms with Crippen molar-refractivity contribution >= 4 is 22.7 Å². The fourth-order valence-electron chi connectivity index (χ4n) is 2.43. The average molecular weight is 321 g/mol. The molecule has 0 radical (unpaired) electrons. The summed E-state index contributed by atoms with van der Waals surface area (Å²) >= 11 is 1.48. The van der Waals surface area contributed by atoms with E-state index in [1.54, 1.807) is 0 Å². The standard InChI is InChI=1S/C18H15N3OS/c1-11-7-8-14(9-12(11)2)23-18-21-20-17(22-18)16-10-13-5-3-4-6-15(13)19-16/h3-10,19H,1-2H3. The summed E-state index contributed by atoms with van der Waals surface area (Å²) in [5.41, 5.74) is 4.43. The number of para-hydroxylation sites is 1. The van der Waals surface area contributed by atoms with E-state index in [4.69, 9.17) is 4.42 Å². The molecule has 0 spiro atoms. The summed E-state index contributed by atoms with van der Waals surface area (Å²) in [7, 11) is 0. The Morgan fingerprint density at radius 2 is 1.83 bits per heavy atom. The topological polar surface area (TPSA) is 54.7 Å². The summed E-state index contributed by atoms with van der Waals surface area (Å²) in [6.45, 7) is 4.20. The van der Waals surface area contributed by atoms with Crippen molar-refractivity contribution in [1.29, 1.82) is 0 Å². The van der Waals surface area contributed by atoms with Crippen LogP contribution in [0.2, 0.25) is 0 Å². The zero-order valence-corrected chi connectivity index (χ0v) is 13.6. The van der Waals surface area contributed by atoms with E-state index in [0.29, 0.717) is 11.1 Å². The lowest BCUT2D eigenvalue weighted by atomic mass is 10.1. The third-order valence-corrected chi connectivity index (χ3v) is 4.68. The van der Waals surface area contributed by atoms with Crippen LogP contribution >= 0.6 is 11.8 Å². The van der Waals surface area contributed by atoms with Crippen molar-refractivity contribution in [2.24, 2.45) is 0 Å². The van der Waals surface area contributed by atoms with Crippen molar-refractivity contribution in [2.45, 2.75) is 24.0 Å². The van der Waals surface area contributed by atoms with Gasteiger partial charge in [-0.15, -0.1) is 10.2 Å². The molecular formula is C18H15N3OS. The molecule has 0 bridgehead atoms. The zero-order chi connectivity index (χ0) is 15.8. The van der Waals surface area contributed by atoms with Crippen LogP contribution in [0.1, 0.15) is 11.1 Å². The van der Waals surface area contributed by atoms with Gasteiger partial charge < -0.3 is 9.40 Å². The first-order chi connectivity index (χ1) is 11.2. The van der Waals surface area contributed by atoms with Crippen LogP contribution in [-0.2, 0) is 0 Å². The normalized spacial score (nSPS) is 11.2. The molecule has 4 nitrogen and oxygen atoms in total. The molecule has 4 aromatic rings. The van der Waals surface area contributed by atoms with E-state index in [2.05, 4.69) is 53.3 Å². The number of hydrogen-bond donors (Lipinski definition) is 1. The van der Waals surface area contributed by atoms with Crippen LogP contribution in [-0.4, -0.2) is 15.2 Å². The number of nitrogens with zero attached hydrogens (tertiary/aromatic N) is 2. The minimum atomic E-state index is 0.507. The molecule has 23 heavy (non-hydrogen) atoms. The van der Waals surface area contributed by atoms with Gasteiger partial charge in [-0.1, -0.05) is 24.3 Å². The Balaban J connectivity index is 1.62. The smallest absolute Gasteiger partial charge is 0.281 e. The van der Waals surface area contributed by atoms with E-state index in [-0.39, 0.29) is 0 Å². The number of H-pyrrole nitrogens is 1. The van der Waals surface area contributed by atoms with Gasteiger partial charge in [0.2, 0.25) is 0 Å². The van der Waals surface area contributed by atoms with Gasteiger partial charge >= 0.3 is 0 Å². The van der Waals surface area contributed by atoms with Crippen LogP contribution in [0.4, 0.5) is 0 Å². The minimum Gasteiger partial charge on any atom is -0.409 e. The molecule has 0 saturated heterocycles. The van der Waals surface area contributed by atoms with Crippen LogP contribution in [0.3, 0.4) is 0 Å². The maximum atomic E-state index is 5.78. The Hall–Kier alpha value is -2.53. The fourth-order valence-corrected chi connectivity index (χ4v) is 3.20. The number of benzene rings is 2. The van der Waals surface area contributed by atoms with Gasteiger partial charge in [-0.2, -0.15) is 0 Å². The van der Waals surface area contributed by atoms with E-state index < -0.39 is 0 Å². The molecule has 114 valence electrons. The maximum absolute atomic E-state index is 5.78. The second kappa shape index (κ2) is 5.59. The maximum Gasteiger partial charge on any atom is 0.281 e. The summed E-state index contributed by atoms with van der Waals surface area (Å²) in [6.07, 6.45) is 0. The largest absolute Gasteiger partial charge is 0.409 e. The molecule has 5 heteroatoms. The molecule has 0 amide bonds. The van der Waals surface area contributed by atoms with Crippen molar-refractivity contribution < 1.29 is 4.42 Å². The summed E-state index contributed by atoms with van der Waals surface area (Å²) < 4.78 is 5.78. The van der Waals surface area contributed by atoms with Crippen LogP contribution < -0.4 is 0 Å². The van der Waals surface area contributed by atoms with Crippen molar-refractivity contribution in [3.8, 4) is 11.6 Å². The Bertz CT molecular complexity index is 954. The first-order valence-electron chi connectivity index (χ1n) is 7.36. The quantitative estimate of drug-likeness (QED) is 0.578. The zero-order valence-electron chi connectivity index (χ0n) is 12.8. The number of aromatic nitrogens is 3. The summed E-state index contributed by atoms with van der Waals surface area (Å²) in [4.78, 5) is 4.40. The van der Waals surface area contributed by atoms with Crippen molar-refractivity contribution in [3.63, 3.8) is 0 Å². The predicted octanol–water partition coefficient (Wildman–Crippen LogP) is 4.99. The highest BCUT2D eigenvalue weighted by Gasteiger charge is 2.12. The van der Waals surface area contributed by atoms with Crippen molar-refractivity contribution in [2.75, 3.05) is 0 Å². The molecule has 0 aliphatic heterocycles. The number of nitrogens with one attached hydrogen (secondary N) is 1. The van der Waals surface area contributed by atoms with Crippen LogP contribution in [0.25, 0.3) is 22.5 Å². The molecule has 0 fully saturated rings. The summed E-state index contributed by atoms with van der Waals surface area (Å²) in [5.74, 6) is 0.507. The minimum absolute atomic E-state index is 0.507. The molecule has 2 heterocycles. The van der Waals surface area contributed by atoms with Gasteiger partial charge in [0.05, 0.1) is 0 Å². The summed E-state index contributed by atoms with van der Waals surface area (Å²) in [5, 5.41) is 9.96. The molecule has 0 unspecified atom stereocenters. The lowest BCUT2D eigenvalue weighted by molar-refractivity contribution is 0.465. The van der Waals surface area contributed by atoms with E-state index in [9.17, 15) is 0 Å². The second-order valence-electron chi connectivity index (χ2n) is 5.49. The SMILES string of the molecule is Cc1ccc(Sc2nnc(-c3cc4ccccc4[nH]3)o2)cc1C. The highest BCUT2D eigenvalue weighted by atomic mass is 32.2. The Morgan fingerprint density at radius 3 is 2.65 bits per heavy atom. The van der Waals surface area contributed by atoms with Gasteiger partial charge in [0.25, 0.3) is 11.1 Å². The van der Waals surface area contributed by atoms with Gasteiger partial charge in [-0.3, -0.25) is 0 Å². The van der Waals surface area contributed by atoms with E-state index in [0.717, 1.165) is 21.5 Å². The van der Waals surface area contributed by atoms with Gasteiger partial charge in [0.1, 0.15) is 5.69 Å². The van der Waals surface area contributed by atoms with Crippen LogP contribution in [0.15, 0.2) is 63.1 Å². The Kier molecular flexibility index (Phi) is 3.42. The second-order valence-corrected chi connectivity index (χ2v) is 6.52. The third kappa shape index (κ3) is 2.75. The van der Waals surface area contributed by atoms with Crippen molar-refractivity contribution in [1.82, 2.24) is 15.2 Å². The third-order valence-electron chi connectivity index (χ3n) is 3.85. The Labute approximate surface area is 137 Å². The predicted molar refractivity (Wildman–Crippen MR) is 91.6 cm³/mol.